The van der Waals surface area contributed by atoms with Gasteiger partial charge in [0.15, 0.2) is 0 Å². The van der Waals surface area contributed by atoms with Crippen LogP contribution in [-0.4, -0.2) is 28.5 Å². The summed E-state index contributed by atoms with van der Waals surface area (Å²) in [7, 11) is -1.63. The van der Waals surface area contributed by atoms with Crippen molar-refractivity contribution < 1.29 is 20.3 Å². The molecule has 0 saturated carbocycles. The van der Waals surface area contributed by atoms with Gasteiger partial charge in [0.25, 0.3) is 0 Å². The minimum Gasteiger partial charge on any atom is -0.893 e. The molecule has 0 fully saturated rings. The van der Waals surface area contributed by atoms with E-state index in [-0.39, 0.29) is 12.2 Å². The van der Waals surface area contributed by atoms with E-state index >= 15 is 0 Å². The molecule has 0 spiro atoms. The van der Waals surface area contributed by atoms with Crippen molar-refractivity contribution in [3.63, 3.8) is 0 Å². The molecule has 0 atom stereocenters. The van der Waals surface area contributed by atoms with Gasteiger partial charge in [0.2, 0.25) is 0 Å². The van der Waals surface area contributed by atoms with Crippen LogP contribution in [0.4, 0.5) is 0 Å². The SMILES string of the molecule is CC(C)(O)C(C)(C)O.CC(C)CB([O-])[O-]. The van der Waals surface area contributed by atoms with E-state index in [1.807, 2.05) is 13.8 Å². The Bertz CT molecular complexity index is 138. The Morgan fingerprint density at radius 2 is 1.27 bits per heavy atom. The third-order valence-corrected chi connectivity index (χ3v) is 2.16. The summed E-state index contributed by atoms with van der Waals surface area (Å²) in [4.78, 5) is 0. The molecule has 0 aliphatic heterocycles. The Hall–Kier alpha value is -0.0951. The molecule has 0 bridgehead atoms. The molecule has 0 saturated heterocycles. The summed E-state index contributed by atoms with van der Waals surface area (Å²) in [5, 5.41) is 37.8. The van der Waals surface area contributed by atoms with Crippen molar-refractivity contribution in [1.82, 2.24) is 0 Å². The van der Waals surface area contributed by atoms with E-state index in [1.165, 1.54) is 0 Å². The Morgan fingerprint density at radius 3 is 1.27 bits per heavy atom. The number of hydrogen-bond donors (Lipinski definition) is 2. The van der Waals surface area contributed by atoms with Crippen molar-refractivity contribution in [3.8, 4) is 0 Å². The van der Waals surface area contributed by atoms with Crippen molar-refractivity contribution in [1.29, 1.82) is 0 Å². The molecule has 0 aromatic rings. The van der Waals surface area contributed by atoms with Gasteiger partial charge >= 0.3 is 0 Å². The van der Waals surface area contributed by atoms with E-state index in [1.54, 1.807) is 27.7 Å². The maximum absolute atomic E-state index is 9.78. The van der Waals surface area contributed by atoms with Crippen LogP contribution in [0.15, 0.2) is 0 Å². The van der Waals surface area contributed by atoms with Crippen LogP contribution < -0.4 is 10.0 Å². The molecule has 0 amide bonds. The number of aliphatic hydroxyl groups is 2. The fourth-order valence-corrected chi connectivity index (χ4v) is 0.385. The average molecular weight is 218 g/mol. The second-order valence-corrected chi connectivity index (χ2v) is 5.18. The van der Waals surface area contributed by atoms with Gasteiger partial charge in [0.05, 0.1) is 11.2 Å². The summed E-state index contributed by atoms with van der Waals surface area (Å²) in [6, 6.07) is 0. The summed E-state index contributed by atoms with van der Waals surface area (Å²) in [6.45, 7) is 10.0. The Balaban J connectivity index is 0. The van der Waals surface area contributed by atoms with Gasteiger partial charge in [0.1, 0.15) is 0 Å². The van der Waals surface area contributed by atoms with Crippen molar-refractivity contribution in [2.45, 2.75) is 59.1 Å². The van der Waals surface area contributed by atoms with Crippen LogP contribution in [0, 0.1) is 5.92 Å². The predicted octanol–water partition coefficient (Wildman–Crippen LogP) is -0.621. The standard InChI is InChI=1S/C6H14O2.C4H9BO2/c1-5(2,7)6(3,4)8;1-4(2)3-5(6)7/h7-8H,1-4H3;4H,3H2,1-2H3/q;-2. The van der Waals surface area contributed by atoms with Gasteiger partial charge in [-0.2, -0.15) is 0 Å². The van der Waals surface area contributed by atoms with E-state index in [4.69, 9.17) is 10.2 Å². The number of hydrogen-bond acceptors (Lipinski definition) is 4. The topological polar surface area (TPSA) is 86.6 Å². The smallest absolute Gasteiger partial charge is 0.0872 e. The zero-order valence-electron chi connectivity index (χ0n) is 10.6. The highest BCUT2D eigenvalue weighted by molar-refractivity contribution is 6.36. The minimum absolute atomic E-state index is 0.250. The monoisotopic (exact) mass is 218 g/mol. The summed E-state index contributed by atoms with van der Waals surface area (Å²) in [5.74, 6) is 0.250. The Kier molecular flexibility index (Phi) is 7.47. The minimum atomic E-state index is -1.63. The van der Waals surface area contributed by atoms with Crippen LogP contribution in [-0.2, 0) is 0 Å². The highest BCUT2D eigenvalue weighted by atomic mass is 16.4. The molecule has 15 heavy (non-hydrogen) atoms. The summed E-state index contributed by atoms with van der Waals surface area (Å²) >= 11 is 0. The molecule has 2 N–H and O–H groups in total. The predicted molar refractivity (Wildman–Crippen MR) is 58.0 cm³/mol. The molecule has 92 valence electrons. The second kappa shape index (κ2) is 6.48. The molecule has 0 aliphatic carbocycles. The van der Waals surface area contributed by atoms with Crippen LogP contribution in [0.1, 0.15) is 41.5 Å². The summed E-state index contributed by atoms with van der Waals surface area (Å²) < 4.78 is 0. The van der Waals surface area contributed by atoms with E-state index < -0.39 is 18.3 Å². The Labute approximate surface area is 93.1 Å². The van der Waals surface area contributed by atoms with Crippen molar-refractivity contribution in [2.75, 3.05) is 0 Å². The fraction of sp³-hybridized carbons (Fsp3) is 1.00. The highest BCUT2D eigenvalue weighted by Crippen LogP contribution is 2.19. The average Bonchev–Trinajstić information content (AvgIpc) is 1.78. The van der Waals surface area contributed by atoms with Crippen LogP contribution >= 0.6 is 0 Å². The lowest BCUT2D eigenvalue weighted by Crippen LogP contribution is -2.45. The van der Waals surface area contributed by atoms with Gasteiger partial charge in [-0.1, -0.05) is 19.8 Å². The van der Waals surface area contributed by atoms with Gasteiger partial charge in [-0.25, -0.2) is 0 Å². The van der Waals surface area contributed by atoms with Crippen molar-refractivity contribution in [3.05, 3.63) is 0 Å². The van der Waals surface area contributed by atoms with Crippen LogP contribution in [0.25, 0.3) is 0 Å². The fourth-order valence-electron chi connectivity index (χ4n) is 0.385. The first-order chi connectivity index (χ1) is 6.38. The summed E-state index contributed by atoms with van der Waals surface area (Å²) in [6.07, 6.45) is 0.250. The highest BCUT2D eigenvalue weighted by Gasteiger charge is 2.31. The van der Waals surface area contributed by atoms with Gasteiger partial charge in [-0.3, -0.25) is 0 Å². The van der Waals surface area contributed by atoms with Crippen LogP contribution in [0.5, 0.6) is 0 Å². The molecule has 4 nitrogen and oxygen atoms in total. The maximum atomic E-state index is 9.78. The zero-order valence-corrected chi connectivity index (χ0v) is 10.6. The van der Waals surface area contributed by atoms with E-state index in [2.05, 4.69) is 0 Å². The van der Waals surface area contributed by atoms with E-state index in [0.717, 1.165) is 0 Å². The molecule has 0 rings (SSSR count). The van der Waals surface area contributed by atoms with Crippen LogP contribution in [0.2, 0.25) is 6.32 Å². The van der Waals surface area contributed by atoms with Gasteiger partial charge in [0, 0.05) is 0 Å². The van der Waals surface area contributed by atoms with Crippen LogP contribution in [0.3, 0.4) is 0 Å². The lowest BCUT2D eigenvalue weighted by Gasteiger charge is -2.31. The van der Waals surface area contributed by atoms with E-state index in [9.17, 15) is 10.0 Å². The molecular formula is C10H23BO4-2. The van der Waals surface area contributed by atoms with Gasteiger partial charge in [-0.05, 0) is 27.7 Å². The molecule has 0 unspecified atom stereocenters. The molecule has 0 aliphatic rings. The third kappa shape index (κ3) is 11.8. The Morgan fingerprint density at radius 1 is 1.00 bits per heavy atom. The van der Waals surface area contributed by atoms with Gasteiger partial charge in [-0.15, -0.1) is 13.4 Å². The molecule has 0 heterocycles. The first-order valence-electron chi connectivity index (χ1n) is 5.14. The zero-order chi connectivity index (χ0) is 12.9. The van der Waals surface area contributed by atoms with Gasteiger partial charge < -0.3 is 20.3 Å². The second-order valence-electron chi connectivity index (χ2n) is 5.18. The van der Waals surface area contributed by atoms with Crippen molar-refractivity contribution in [2.24, 2.45) is 5.92 Å². The molecule has 5 heteroatoms. The number of rotatable bonds is 3. The van der Waals surface area contributed by atoms with E-state index in [0.29, 0.717) is 0 Å². The largest absolute Gasteiger partial charge is 0.893 e. The first-order valence-corrected chi connectivity index (χ1v) is 5.14. The molecule has 0 radical (unpaired) electrons. The summed E-state index contributed by atoms with van der Waals surface area (Å²) in [5.41, 5.74) is -2.01. The molecule has 0 aromatic carbocycles. The third-order valence-electron chi connectivity index (χ3n) is 2.16. The molecular weight excluding hydrogens is 195 g/mol. The lowest BCUT2D eigenvalue weighted by molar-refractivity contribution is -0.349. The lowest BCUT2D eigenvalue weighted by atomic mass is 9.80. The molecule has 0 aromatic heterocycles. The quantitative estimate of drug-likeness (QED) is 0.618. The van der Waals surface area contributed by atoms with Crippen molar-refractivity contribution >= 4 is 7.12 Å². The maximum Gasteiger partial charge on any atom is 0.0872 e. The first kappa shape index (κ1) is 17.3. The normalized spacial score (nSPS) is 12.2.